The van der Waals surface area contributed by atoms with E-state index in [9.17, 15) is 24.0 Å². The molecule has 3 heterocycles. The van der Waals surface area contributed by atoms with E-state index in [1.807, 2.05) is 48.5 Å². The number of fused-ring (bicyclic) bond motifs is 1. The van der Waals surface area contributed by atoms with Crippen molar-refractivity contribution in [1.29, 1.82) is 0 Å². The lowest BCUT2D eigenvalue weighted by molar-refractivity contribution is -0.135. The number of benzene rings is 3. The second kappa shape index (κ2) is 15.9. The number of hydrogen-bond donors (Lipinski definition) is 1. The second-order valence-corrected chi connectivity index (χ2v) is 13.5. The zero-order valence-corrected chi connectivity index (χ0v) is 29.5. The lowest BCUT2D eigenvalue weighted by atomic mass is 9.87. The first-order valence-electron chi connectivity index (χ1n) is 17.8. The molecule has 1 N–H and O–H groups in total. The molecule has 4 unspecified atom stereocenters. The molecule has 3 aromatic rings. The molecule has 6 rings (SSSR count). The highest BCUT2D eigenvalue weighted by Gasteiger charge is 2.44. The highest BCUT2D eigenvalue weighted by molar-refractivity contribution is 6.05. The molecule has 3 aliphatic heterocycles. The molecule has 0 aliphatic carbocycles. The van der Waals surface area contributed by atoms with Gasteiger partial charge in [0.25, 0.3) is 5.91 Å². The van der Waals surface area contributed by atoms with Crippen LogP contribution < -0.4 is 14.8 Å². The summed E-state index contributed by atoms with van der Waals surface area (Å²) in [4.78, 5) is 73.9. The zero-order valence-electron chi connectivity index (χ0n) is 29.5. The summed E-state index contributed by atoms with van der Waals surface area (Å²) in [6.45, 7) is 4.62. The minimum Gasteiger partial charge on any atom is -0.497 e. The van der Waals surface area contributed by atoms with Gasteiger partial charge in [0, 0.05) is 44.2 Å². The Labute approximate surface area is 298 Å². The Balaban J connectivity index is 1.49. The molecule has 0 saturated heterocycles. The number of imide groups is 1. The molecule has 4 bridgehead atoms. The molecule has 11 nitrogen and oxygen atoms in total. The van der Waals surface area contributed by atoms with Gasteiger partial charge in [-0.2, -0.15) is 0 Å². The second-order valence-electron chi connectivity index (χ2n) is 13.5. The van der Waals surface area contributed by atoms with Gasteiger partial charge in [0.2, 0.25) is 17.7 Å². The molecule has 0 radical (unpaired) electrons. The van der Waals surface area contributed by atoms with Crippen LogP contribution in [-0.2, 0) is 19.2 Å². The molecule has 0 fully saturated rings. The smallest absolute Gasteiger partial charge is 0.260 e. The maximum atomic E-state index is 14.9. The van der Waals surface area contributed by atoms with Crippen LogP contribution in [0.3, 0.4) is 0 Å². The van der Waals surface area contributed by atoms with Gasteiger partial charge in [0.05, 0.1) is 25.6 Å². The average Bonchev–Trinajstić information content (AvgIpc) is 3.52. The Kier molecular flexibility index (Phi) is 11.1. The topological polar surface area (TPSA) is 126 Å². The zero-order chi connectivity index (χ0) is 36.1. The molecule has 268 valence electrons. The van der Waals surface area contributed by atoms with Gasteiger partial charge in [-0.05, 0) is 86.7 Å². The molecule has 4 atom stereocenters. The largest absolute Gasteiger partial charge is 0.497 e. The summed E-state index contributed by atoms with van der Waals surface area (Å²) in [6.07, 6.45) is 1.19. The van der Waals surface area contributed by atoms with Gasteiger partial charge in [-0.15, -0.1) is 0 Å². The number of ether oxygens (including phenoxy) is 2. The molecule has 11 heteroatoms. The summed E-state index contributed by atoms with van der Waals surface area (Å²) >= 11 is 0. The van der Waals surface area contributed by atoms with Gasteiger partial charge in [-0.1, -0.05) is 36.4 Å². The summed E-state index contributed by atoms with van der Waals surface area (Å²) in [7, 11) is 1.60. The molecule has 3 aliphatic rings. The number of Topliss-reactive ketones (excluding diaryl/α,β-unsaturated/α-hetero) is 1. The summed E-state index contributed by atoms with van der Waals surface area (Å²) < 4.78 is 11.9. The average molecular weight is 695 g/mol. The summed E-state index contributed by atoms with van der Waals surface area (Å²) in [5.74, 6) is -0.645. The third-order valence-electron chi connectivity index (χ3n) is 10.2. The normalized spacial score (nSPS) is 23.1. The van der Waals surface area contributed by atoms with Crippen LogP contribution in [0, 0.1) is 0 Å². The van der Waals surface area contributed by atoms with E-state index in [1.54, 1.807) is 48.1 Å². The Morgan fingerprint density at radius 2 is 1.57 bits per heavy atom. The van der Waals surface area contributed by atoms with E-state index in [0.29, 0.717) is 80.1 Å². The molecule has 51 heavy (non-hydrogen) atoms. The van der Waals surface area contributed by atoms with Crippen molar-refractivity contribution >= 4 is 29.4 Å². The van der Waals surface area contributed by atoms with Crippen LogP contribution in [0.15, 0.2) is 72.8 Å². The number of nitrogens with zero attached hydrogens (tertiary/aromatic N) is 3. The van der Waals surface area contributed by atoms with E-state index in [1.165, 1.54) is 11.8 Å². The van der Waals surface area contributed by atoms with Crippen molar-refractivity contribution in [3.8, 4) is 11.5 Å². The fourth-order valence-electron chi connectivity index (χ4n) is 7.51. The summed E-state index contributed by atoms with van der Waals surface area (Å²) in [5.41, 5.74) is 2.56. The Morgan fingerprint density at radius 1 is 0.843 bits per heavy atom. The van der Waals surface area contributed by atoms with Crippen molar-refractivity contribution in [2.75, 3.05) is 39.8 Å². The standard InChI is InChI=1S/C40H46N4O7/c1-26(45)33-12-7-22-43(27(2)46)34-25-36(47)44(39(48)29-10-5-4-6-11-29)23-9-21-42(20-8-19-41-33)40(49)37-32-24-30(34)15-18-35(32)51-38(37)28-13-16-31(50-3)17-14-28/h4-6,10-11,13-18,24,33-34,37-38,41H,7-9,12,19-23,25H2,1-3H3. The van der Waals surface area contributed by atoms with E-state index in [0.717, 1.165) is 5.56 Å². The SMILES string of the molecule is COc1ccc(C2Oc3ccc4cc3C2C(=O)N2CCCNC(C(C)=O)CCCN(C(C)=O)C4CC(=O)N(C(=O)c3ccccc3)CCC2)cc1. The highest BCUT2D eigenvalue weighted by Crippen LogP contribution is 2.48. The van der Waals surface area contributed by atoms with Crippen LogP contribution in [0.25, 0.3) is 0 Å². The van der Waals surface area contributed by atoms with E-state index in [4.69, 9.17) is 9.47 Å². The first kappa shape index (κ1) is 35.8. The molecule has 3 aromatic carbocycles. The van der Waals surface area contributed by atoms with E-state index in [-0.39, 0.29) is 30.6 Å². The fraction of sp³-hybridized carbons (Fsp3) is 0.425. The number of nitrogens with one attached hydrogen (secondary N) is 1. The van der Waals surface area contributed by atoms with Gasteiger partial charge in [0.1, 0.15) is 29.3 Å². The van der Waals surface area contributed by atoms with Crippen molar-refractivity contribution < 1.29 is 33.4 Å². The van der Waals surface area contributed by atoms with Crippen LogP contribution in [0.5, 0.6) is 11.5 Å². The quantitative estimate of drug-likeness (QED) is 0.386. The van der Waals surface area contributed by atoms with Gasteiger partial charge in [-0.25, -0.2) is 0 Å². The van der Waals surface area contributed by atoms with E-state index in [2.05, 4.69) is 5.32 Å². The number of carbonyl (C=O) groups excluding carboxylic acids is 5. The first-order chi connectivity index (χ1) is 24.7. The van der Waals surface area contributed by atoms with Crippen LogP contribution in [0.2, 0.25) is 0 Å². The third-order valence-corrected chi connectivity index (χ3v) is 10.2. The van der Waals surface area contributed by atoms with Crippen molar-refractivity contribution in [2.45, 2.75) is 70.1 Å². The minimum atomic E-state index is -0.740. The lowest BCUT2D eigenvalue weighted by Gasteiger charge is -2.33. The van der Waals surface area contributed by atoms with Gasteiger partial charge in [0.15, 0.2) is 0 Å². The van der Waals surface area contributed by atoms with E-state index >= 15 is 0 Å². The Bertz CT molecular complexity index is 1760. The number of hydrogen-bond acceptors (Lipinski definition) is 8. The lowest BCUT2D eigenvalue weighted by Crippen LogP contribution is -2.43. The number of methoxy groups -OCH3 is 1. The van der Waals surface area contributed by atoms with E-state index < -0.39 is 35.9 Å². The molecule has 0 aromatic heterocycles. The maximum absolute atomic E-state index is 14.9. The Hall–Kier alpha value is -5.03. The van der Waals surface area contributed by atoms with Gasteiger partial charge >= 0.3 is 0 Å². The highest BCUT2D eigenvalue weighted by atomic mass is 16.5. The van der Waals surface area contributed by atoms with Gasteiger partial charge < -0.3 is 24.6 Å². The first-order valence-corrected chi connectivity index (χ1v) is 17.8. The number of ketones is 1. The van der Waals surface area contributed by atoms with Gasteiger partial charge in [-0.3, -0.25) is 28.9 Å². The van der Waals surface area contributed by atoms with Crippen molar-refractivity contribution in [2.24, 2.45) is 0 Å². The fourth-order valence-corrected chi connectivity index (χ4v) is 7.51. The summed E-state index contributed by atoms with van der Waals surface area (Å²) in [5, 5.41) is 3.37. The molecule has 4 amide bonds. The van der Waals surface area contributed by atoms with Crippen molar-refractivity contribution in [3.63, 3.8) is 0 Å². The van der Waals surface area contributed by atoms with Crippen molar-refractivity contribution in [3.05, 3.63) is 95.1 Å². The third kappa shape index (κ3) is 7.83. The summed E-state index contributed by atoms with van der Waals surface area (Å²) in [6, 6.07) is 20.6. The maximum Gasteiger partial charge on any atom is 0.260 e. The number of amides is 4. The predicted molar refractivity (Wildman–Crippen MR) is 190 cm³/mol. The Morgan fingerprint density at radius 3 is 2.27 bits per heavy atom. The van der Waals surface area contributed by atoms with Crippen LogP contribution in [0.4, 0.5) is 0 Å². The molecule has 0 saturated carbocycles. The predicted octanol–water partition coefficient (Wildman–Crippen LogP) is 4.82. The number of rotatable bonds is 4. The van der Waals surface area contributed by atoms with Crippen LogP contribution in [-0.4, -0.2) is 90.0 Å². The van der Waals surface area contributed by atoms with Crippen LogP contribution >= 0.6 is 0 Å². The molecular formula is C40H46N4O7. The molecular weight excluding hydrogens is 648 g/mol. The minimum absolute atomic E-state index is 0.00352. The number of carbonyl (C=O) groups is 5. The van der Waals surface area contributed by atoms with Crippen LogP contribution in [0.1, 0.15) is 91.1 Å². The van der Waals surface area contributed by atoms with Crippen molar-refractivity contribution in [1.82, 2.24) is 20.0 Å². The molecule has 0 spiro atoms. The monoisotopic (exact) mass is 694 g/mol.